The second-order valence-electron chi connectivity index (χ2n) is 5.35. The first-order valence-electron chi connectivity index (χ1n) is 7.16. The highest BCUT2D eigenvalue weighted by atomic mass is 16.6. The number of hydrogen-bond donors (Lipinski definition) is 0. The van der Waals surface area contributed by atoms with Gasteiger partial charge in [-0.2, -0.15) is 0 Å². The van der Waals surface area contributed by atoms with Crippen molar-refractivity contribution >= 4 is 11.8 Å². The summed E-state index contributed by atoms with van der Waals surface area (Å²) in [4.78, 5) is 27.9. The Labute approximate surface area is 131 Å². The monoisotopic (exact) mass is 317 g/mol. The number of aromatic nitrogens is 1. The summed E-state index contributed by atoms with van der Waals surface area (Å²) >= 11 is 0. The summed E-state index contributed by atoms with van der Waals surface area (Å²) in [6.45, 7) is 2.84. The molecule has 1 aliphatic rings. The molecule has 8 nitrogen and oxygen atoms in total. The SMILES string of the molecule is Cc1ccc(OC2CCN(C(=O)c3ccc([N+](=O)[O-])o3)C2)nc1. The molecule has 1 unspecified atom stereocenters. The van der Waals surface area contributed by atoms with Crippen molar-refractivity contribution in [3.05, 3.63) is 51.9 Å². The van der Waals surface area contributed by atoms with Crippen LogP contribution >= 0.6 is 0 Å². The van der Waals surface area contributed by atoms with Gasteiger partial charge in [-0.25, -0.2) is 4.98 Å². The van der Waals surface area contributed by atoms with Crippen molar-refractivity contribution in [2.45, 2.75) is 19.4 Å². The minimum atomic E-state index is -0.671. The Hall–Kier alpha value is -2.90. The van der Waals surface area contributed by atoms with Crippen molar-refractivity contribution in [3.63, 3.8) is 0 Å². The number of rotatable bonds is 4. The molecule has 0 bridgehead atoms. The molecule has 1 saturated heterocycles. The van der Waals surface area contributed by atoms with Crippen LogP contribution in [0.15, 0.2) is 34.9 Å². The number of aryl methyl sites for hydroxylation is 1. The molecule has 2 aromatic rings. The predicted octanol–water partition coefficient (Wildman–Crippen LogP) is 2.18. The van der Waals surface area contributed by atoms with E-state index < -0.39 is 10.8 Å². The zero-order valence-electron chi connectivity index (χ0n) is 12.5. The highest BCUT2D eigenvalue weighted by Crippen LogP contribution is 2.21. The van der Waals surface area contributed by atoms with Crippen molar-refractivity contribution < 1.29 is 18.9 Å². The number of pyridine rings is 1. The maximum absolute atomic E-state index is 12.3. The van der Waals surface area contributed by atoms with E-state index in [4.69, 9.17) is 9.15 Å². The van der Waals surface area contributed by atoms with E-state index in [-0.39, 0.29) is 17.8 Å². The smallest absolute Gasteiger partial charge is 0.433 e. The number of amides is 1. The first kappa shape index (κ1) is 15.0. The summed E-state index contributed by atoms with van der Waals surface area (Å²) < 4.78 is 10.7. The van der Waals surface area contributed by atoms with Gasteiger partial charge in [0.2, 0.25) is 5.88 Å². The van der Waals surface area contributed by atoms with Gasteiger partial charge in [0, 0.05) is 25.2 Å². The normalized spacial score (nSPS) is 17.3. The quantitative estimate of drug-likeness (QED) is 0.633. The average Bonchev–Trinajstić information content (AvgIpc) is 3.18. The Morgan fingerprint density at radius 2 is 2.26 bits per heavy atom. The third kappa shape index (κ3) is 3.31. The molecule has 1 fully saturated rings. The van der Waals surface area contributed by atoms with Gasteiger partial charge in [-0.15, -0.1) is 0 Å². The summed E-state index contributed by atoms with van der Waals surface area (Å²) in [6, 6.07) is 6.18. The minimum absolute atomic E-state index is 0.0363. The summed E-state index contributed by atoms with van der Waals surface area (Å²) in [5, 5.41) is 10.6. The lowest BCUT2D eigenvalue weighted by Crippen LogP contribution is -2.30. The molecule has 3 rings (SSSR count). The number of hydrogen-bond acceptors (Lipinski definition) is 6. The molecule has 8 heteroatoms. The predicted molar refractivity (Wildman–Crippen MR) is 79.3 cm³/mol. The number of carbonyl (C=O) groups excluding carboxylic acids is 1. The first-order chi connectivity index (χ1) is 11.0. The Bertz CT molecular complexity index is 725. The van der Waals surface area contributed by atoms with Gasteiger partial charge in [-0.3, -0.25) is 14.9 Å². The zero-order chi connectivity index (χ0) is 16.4. The second-order valence-corrected chi connectivity index (χ2v) is 5.35. The molecule has 0 aliphatic carbocycles. The van der Waals surface area contributed by atoms with Gasteiger partial charge in [-0.05, 0) is 18.6 Å². The van der Waals surface area contributed by atoms with Crippen LogP contribution in [0.2, 0.25) is 0 Å². The van der Waals surface area contributed by atoms with E-state index in [1.807, 2.05) is 13.0 Å². The van der Waals surface area contributed by atoms with Gasteiger partial charge in [0.05, 0.1) is 12.6 Å². The van der Waals surface area contributed by atoms with Crippen LogP contribution in [0.4, 0.5) is 5.88 Å². The van der Waals surface area contributed by atoms with Crippen LogP contribution in [-0.2, 0) is 0 Å². The van der Waals surface area contributed by atoms with Crippen LogP contribution in [0, 0.1) is 17.0 Å². The fraction of sp³-hybridized carbons (Fsp3) is 0.333. The minimum Gasteiger partial charge on any atom is -0.472 e. The van der Waals surface area contributed by atoms with Crippen molar-refractivity contribution in [3.8, 4) is 5.88 Å². The largest absolute Gasteiger partial charge is 0.472 e. The van der Waals surface area contributed by atoms with Gasteiger partial charge in [0.25, 0.3) is 5.91 Å². The number of likely N-dealkylation sites (tertiary alicyclic amines) is 1. The van der Waals surface area contributed by atoms with Gasteiger partial charge < -0.3 is 14.1 Å². The lowest BCUT2D eigenvalue weighted by atomic mass is 10.3. The van der Waals surface area contributed by atoms with Crippen molar-refractivity contribution in [2.24, 2.45) is 0 Å². The topological polar surface area (TPSA) is 98.7 Å². The number of carbonyl (C=O) groups is 1. The third-order valence-corrected chi connectivity index (χ3v) is 3.59. The van der Waals surface area contributed by atoms with E-state index in [1.165, 1.54) is 12.1 Å². The van der Waals surface area contributed by atoms with E-state index in [1.54, 1.807) is 17.2 Å². The Morgan fingerprint density at radius 3 is 2.91 bits per heavy atom. The molecule has 1 atom stereocenters. The van der Waals surface area contributed by atoms with Gasteiger partial charge >= 0.3 is 5.88 Å². The van der Waals surface area contributed by atoms with Crippen LogP contribution in [0.5, 0.6) is 5.88 Å². The lowest BCUT2D eigenvalue weighted by Gasteiger charge is -2.15. The molecule has 23 heavy (non-hydrogen) atoms. The molecular weight excluding hydrogens is 302 g/mol. The van der Waals surface area contributed by atoms with Crippen LogP contribution in [-0.4, -0.2) is 39.9 Å². The van der Waals surface area contributed by atoms with E-state index in [0.717, 1.165) is 5.56 Å². The zero-order valence-corrected chi connectivity index (χ0v) is 12.5. The summed E-state index contributed by atoms with van der Waals surface area (Å²) in [5.74, 6) is -0.334. The van der Waals surface area contributed by atoms with Gasteiger partial charge in [0.15, 0.2) is 5.76 Å². The van der Waals surface area contributed by atoms with E-state index in [0.29, 0.717) is 25.4 Å². The van der Waals surface area contributed by atoms with E-state index in [9.17, 15) is 14.9 Å². The van der Waals surface area contributed by atoms with Crippen molar-refractivity contribution in [1.82, 2.24) is 9.88 Å². The third-order valence-electron chi connectivity index (χ3n) is 3.59. The van der Waals surface area contributed by atoms with Crippen LogP contribution in [0.25, 0.3) is 0 Å². The van der Waals surface area contributed by atoms with Gasteiger partial charge in [0.1, 0.15) is 11.0 Å². The van der Waals surface area contributed by atoms with Crippen molar-refractivity contribution in [1.29, 1.82) is 0 Å². The maximum atomic E-state index is 12.3. The van der Waals surface area contributed by atoms with Crippen LogP contribution < -0.4 is 4.74 Å². The van der Waals surface area contributed by atoms with Gasteiger partial charge in [-0.1, -0.05) is 6.07 Å². The van der Waals surface area contributed by atoms with Crippen molar-refractivity contribution in [2.75, 3.05) is 13.1 Å². The highest BCUT2D eigenvalue weighted by Gasteiger charge is 2.30. The maximum Gasteiger partial charge on any atom is 0.433 e. The van der Waals surface area contributed by atoms with Crippen LogP contribution in [0.1, 0.15) is 22.5 Å². The van der Waals surface area contributed by atoms with Crippen LogP contribution in [0.3, 0.4) is 0 Å². The summed E-state index contributed by atoms with van der Waals surface area (Å²) in [7, 11) is 0. The molecule has 120 valence electrons. The number of nitrogens with zero attached hydrogens (tertiary/aromatic N) is 3. The number of furan rings is 1. The highest BCUT2D eigenvalue weighted by molar-refractivity contribution is 5.92. The summed E-state index contributed by atoms with van der Waals surface area (Å²) in [5.41, 5.74) is 1.04. The molecule has 0 N–H and O–H groups in total. The molecule has 1 amide bonds. The molecule has 3 heterocycles. The molecule has 0 aromatic carbocycles. The second kappa shape index (κ2) is 6.07. The summed E-state index contributed by atoms with van der Waals surface area (Å²) in [6.07, 6.45) is 2.23. The average molecular weight is 317 g/mol. The fourth-order valence-electron chi connectivity index (χ4n) is 2.40. The molecule has 0 saturated carbocycles. The molecule has 0 spiro atoms. The Balaban J connectivity index is 1.61. The molecule has 2 aromatic heterocycles. The number of ether oxygens (including phenoxy) is 1. The molecular formula is C15H15N3O5. The van der Waals surface area contributed by atoms with E-state index in [2.05, 4.69) is 4.98 Å². The lowest BCUT2D eigenvalue weighted by molar-refractivity contribution is -0.402. The Kier molecular flexibility index (Phi) is 3.96. The first-order valence-corrected chi connectivity index (χ1v) is 7.16. The molecule has 0 radical (unpaired) electrons. The Morgan fingerprint density at radius 1 is 1.43 bits per heavy atom. The molecule has 1 aliphatic heterocycles. The fourth-order valence-corrected chi connectivity index (χ4v) is 2.40. The van der Waals surface area contributed by atoms with E-state index >= 15 is 0 Å². The standard InChI is InChI=1S/C15H15N3O5/c1-10-2-4-13(16-8-10)22-11-6-7-17(9-11)15(19)12-3-5-14(23-12)18(20)21/h2-5,8,11H,6-7,9H2,1H3. The number of nitro groups is 1.